The second-order valence-electron chi connectivity index (χ2n) is 6.24. The number of aromatic nitrogens is 1. The van der Waals surface area contributed by atoms with Crippen molar-refractivity contribution in [2.75, 3.05) is 24.7 Å². The van der Waals surface area contributed by atoms with Gasteiger partial charge < -0.3 is 14.7 Å². The minimum Gasteiger partial charge on any atom is -0.477 e. The van der Waals surface area contributed by atoms with E-state index < -0.39 is 5.97 Å². The number of anilines is 1. The normalized spacial score (nSPS) is 30.3. The van der Waals surface area contributed by atoms with E-state index in [9.17, 15) is 4.79 Å². The number of pyridine rings is 1. The topological polar surface area (TPSA) is 62.7 Å². The number of hydrogen-bond acceptors (Lipinski definition) is 4. The van der Waals surface area contributed by atoms with Crippen LogP contribution in [0.15, 0.2) is 18.2 Å². The Morgan fingerprint density at radius 2 is 2.25 bits per heavy atom. The molecule has 106 valence electrons. The fraction of sp³-hybridized carbons (Fsp3) is 0.600. The third-order valence-corrected chi connectivity index (χ3v) is 5.32. The highest BCUT2D eigenvalue weighted by molar-refractivity contribution is 5.85. The van der Waals surface area contributed by atoms with E-state index in [1.807, 2.05) is 6.07 Å². The number of fused-ring (bicyclic) bond motifs is 2. The van der Waals surface area contributed by atoms with E-state index in [1.165, 1.54) is 19.3 Å². The quantitative estimate of drug-likeness (QED) is 0.890. The van der Waals surface area contributed by atoms with Crippen molar-refractivity contribution in [2.45, 2.75) is 25.3 Å². The molecule has 5 heteroatoms. The first-order chi connectivity index (χ1) is 9.70. The highest BCUT2D eigenvalue weighted by Crippen LogP contribution is 2.56. The van der Waals surface area contributed by atoms with Gasteiger partial charge in [-0.2, -0.15) is 0 Å². The third-order valence-electron chi connectivity index (χ3n) is 5.32. The number of rotatable bonds is 2. The molecular weight excluding hydrogens is 256 g/mol. The van der Waals surface area contributed by atoms with Crippen molar-refractivity contribution in [1.29, 1.82) is 0 Å². The zero-order chi connectivity index (χ0) is 13.7. The van der Waals surface area contributed by atoms with Crippen LogP contribution in [0.1, 0.15) is 29.8 Å². The van der Waals surface area contributed by atoms with Crippen LogP contribution in [-0.4, -0.2) is 41.9 Å². The monoisotopic (exact) mass is 274 g/mol. The molecule has 3 heterocycles. The van der Waals surface area contributed by atoms with Crippen molar-refractivity contribution in [3.8, 4) is 0 Å². The van der Waals surface area contributed by atoms with Gasteiger partial charge in [0.15, 0.2) is 5.69 Å². The summed E-state index contributed by atoms with van der Waals surface area (Å²) in [6.07, 6.45) is 3.85. The van der Waals surface area contributed by atoms with Crippen LogP contribution < -0.4 is 4.90 Å². The Labute approximate surface area is 117 Å². The highest BCUT2D eigenvalue weighted by Gasteiger charge is 2.57. The van der Waals surface area contributed by atoms with Gasteiger partial charge in [-0.3, -0.25) is 0 Å². The lowest BCUT2D eigenvalue weighted by Crippen LogP contribution is -2.38. The molecule has 4 rings (SSSR count). The molecule has 2 atom stereocenters. The van der Waals surface area contributed by atoms with Crippen LogP contribution in [0.5, 0.6) is 0 Å². The predicted molar refractivity (Wildman–Crippen MR) is 72.9 cm³/mol. The molecule has 1 aromatic rings. The van der Waals surface area contributed by atoms with Gasteiger partial charge in [-0.15, -0.1) is 0 Å². The molecule has 0 bridgehead atoms. The molecule has 0 aromatic carbocycles. The summed E-state index contributed by atoms with van der Waals surface area (Å²) >= 11 is 0. The summed E-state index contributed by atoms with van der Waals surface area (Å²) in [6.45, 7) is 2.59. The predicted octanol–water partition coefficient (Wildman–Crippen LogP) is 1.79. The van der Waals surface area contributed by atoms with Crippen molar-refractivity contribution in [3.63, 3.8) is 0 Å². The lowest BCUT2D eigenvalue weighted by molar-refractivity contribution is 0.0672. The largest absolute Gasteiger partial charge is 0.477 e. The number of carboxylic acids is 1. The zero-order valence-corrected chi connectivity index (χ0v) is 11.3. The SMILES string of the molecule is O=C(O)c1cccc(N2CC3(CCC3)[C@@H]3COC[C@@H]32)n1. The van der Waals surface area contributed by atoms with E-state index in [4.69, 9.17) is 9.84 Å². The standard InChI is InChI=1S/C15H18N2O3/c18-14(19)11-3-1-4-13(16-11)17-9-15(5-2-6-15)10-7-20-8-12(10)17/h1,3-4,10,12H,2,5-9H2,(H,18,19)/t10-,12+/m1/s1. The molecular formula is C15H18N2O3. The van der Waals surface area contributed by atoms with Gasteiger partial charge in [0.25, 0.3) is 0 Å². The molecule has 20 heavy (non-hydrogen) atoms. The second kappa shape index (κ2) is 4.19. The molecule has 0 radical (unpaired) electrons. The van der Waals surface area contributed by atoms with Crippen LogP contribution in [0.3, 0.4) is 0 Å². The number of carboxylic acid groups (broad SMARTS) is 1. The Bertz CT molecular complexity index is 556. The van der Waals surface area contributed by atoms with Gasteiger partial charge in [-0.05, 0) is 30.4 Å². The molecule has 0 amide bonds. The summed E-state index contributed by atoms with van der Waals surface area (Å²) in [5.41, 5.74) is 0.509. The van der Waals surface area contributed by atoms with Gasteiger partial charge in [0, 0.05) is 12.5 Å². The second-order valence-corrected chi connectivity index (χ2v) is 6.24. The highest BCUT2D eigenvalue weighted by atomic mass is 16.5. The van der Waals surface area contributed by atoms with Crippen LogP contribution in [0.2, 0.25) is 0 Å². The molecule has 2 saturated heterocycles. The molecule has 1 N–H and O–H groups in total. The Hall–Kier alpha value is -1.62. The van der Waals surface area contributed by atoms with Gasteiger partial charge in [0.05, 0.1) is 19.3 Å². The first-order valence-corrected chi connectivity index (χ1v) is 7.24. The van der Waals surface area contributed by atoms with E-state index in [2.05, 4.69) is 9.88 Å². The molecule has 0 unspecified atom stereocenters. The average Bonchev–Trinajstić information content (AvgIpc) is 2.97. The Morgan fingerprint density at radius 3 is 2.95 bits per heavy atom. The lowest BCUT2D eigenvalue weighted by Gasteiger charge is -2.42. The summed E-state index contributed by atoms with van der Waals surface area (Å²) in [5, 5.41) is 9.09. The molecule has 3 fully saturated rings. The molecule has 1 aromatic heterocycles. The van der Waals surface area contributed by atoms with Crippen LogP contribution >= 0.6 is 0 Å². The lowest BCUT2D eigenvalue weighted by atomic mass is 9.62. The molecule has 2 aliphatic heterocycles. The number of ether oxygens (including phenoxy) is 1. The maximum absolute atomic E-state index is 11.1. The van der Waals surface area contributed by atoms with Gasteiger partial charge in [-0.25, -0.2) is 9.78 Å². The van der Waals surface area contributed by atoms with Crippen molar-refractivity contribution < 1.29 is 14.6 Å². The first kappa shape index (κ1) is 12.1. The number of nitrogens with zero attached hydrogens (tertiary/aromatic N) is 2. The van der Waals surface area contributed by atoms with Gasteiger partial charge in [-0.1, -0.05) is 12.5 Å². The molecule has 3 aliphatic rings. The summed E-state index contributed by atoms with van der Waals surface area (Å²) < 4.78 is 5.69. The molecule has 1 spiro atoms. The maximum Gasteiger partial charge on any atom is 0.354 e. The number of carbonyl (C=O) groups is 1. The zero-order valence-electron chi connectivity index (χ0n) is 11.3. The van der Waals surface area contributed by atoms with E-state index in [0.717, 1.165) is 25.6 Å². The Morgan fingerprint density at radius 1 is 1.40 bits per heavy atom. The van der Waals surface area contributed by atoms with Crippen LogP contribution in [0, 0.1) is 11.3 Å². The molecule has 1 saturated carbocycles. The minimum atomic E-state index is -0.969. The fourth-order valence-electron chi connectivity index (χ4n) is 4.12. The Balaban J connectivity index is 1.68. The van der Waals surface area contributed by atoms with Crippen molar-refractivity contribution in [3.05, 3.63) is 23.9 Å². The summed E-state index contributed by atoms with van der Waals surface area (Å²) in [7, 11) is 0. The van der Waals surface area contributed by atoms with Crippen LogP contribution in [-0.2, 0) is 4.74 Å². The van der Waals surface area contributed by atoms with Gasteiger partial charge in [0.2, 0.25) is 0 Å². The van der Waals surface area contributed by atoms with Gasteiger partial charge >= 0.3 is 5.97 Å². The third kappa shape index (κ3) is 1.59. The van der Waals surface area contributed by atoms with Crippen molar-refractivity contribution >= 4 is 11.8 Å². The fourth-order valence-corrected chi connectivity index (χ4v) is 4.12. The van der Waals surface area contributed by atoms with E-state index in [-0.39, 0.29) is 5.69 Å². The van der Waals surface area contributed by atoms with Gasteiger partial charge in [0.1, 0.15) is 5.82 Å². The maximum atomic E-state index is 11.1. The smallest absolute Gasteiger partial charge is 0.354 e. The van der Waals surface area contributed by atoms with E-state index >= 15 is 0 Å². The molecule has 5 nitrogen and oxygen atoms in total. The van der Waals surface area contributed by atoms with Crippen LogP contribution in [0.25, 0.3) is 0 Å². The summed E-state index contributed by atoms with van der Waals surface area (Å²) in [6, 6.07) is 5.61. The van der Waals surface area contributed by atoms with Crippen LogP contribution in [0.4, 0.5) is 5.82 Å². The first-order valence-electron chi connectivity index (χ1n) is 7.24. The number of aromatic carboxylic acids is 1. The van der Waals surface area contributed by atoms with E-state index in [0.29, 0.717) is 17.4 Å². The van der Waals surface area contributed by atoms with Crippen molar-refractivity contribution in [1.82, 2.24) is 4.98 Å². The summed E-state index contributed by atoms with van der Waals surface area (Å²) in [5.74, 6) is 0.407. The minimum absolute atomic E-state index is 0.118. The van der Waals surface area contributed by atoms with Crippen molar-refractivity contribution in [2.24, 2.45) is 11.3 Å². The number of hydrogen-bond donors (Lipinski definition) is 1. The van der Waals surface area contributed by atoms with E-state index in [1.54, 1.807) is 12.1 Å². The molecule has 1 aliphatic carbocycles. The summed E-state index contributed by atoms with van der Waals surface area (Å²) in [4.78, 5) is 17.7. The average molecular weight is 274 g/mol. The Kier molecular flexibility index (Phi) is 2.54.